The standard InChI is InChI=1S/C17H22ClN3O6/c1-17(2,3)8-7-11(16(24)25)20-13(22)9-19-15(23)14-10(18)5-4-6-12(14)21(26)27/h4-6,11H,7-9H2,1-3H3,(H,19,23)(H,20,22)(H,24,25). The lowest BCUT2D eigenvalue weighted by Gasteiger charge is -2.21. The summed E-state index contributed by atoms with van der Waals surface area (Å²) in [6.07, 6.45) is 0.803. The Balaban J connectivity index is 2.72. The molecule has 1 aromatic rings. The van der Waals surface area contributed by atoms with Crippen molar-refractivity contribution >= 4 is 35.1 Å². The number of carbonyl (C=O) groups is 3. The van der Waals surface area contributed by atoms with E-state index < -0.39 is 41.0 Å². The van der Waals surface area contributed by atoms with Crippen LogP contribution in [-0.2, 0) is 9.59 Å². The van der Waals surface area contributed by atoms with E-state index in [0.29, 0.717) is 6.42 Å². The molecule has 0 saturated heterocycles. The van der Waals surface area contributed by atoms with Gasteiger partial charge in [-0.25, -0.2) is 4.79 Å². The minimum absolute atomic E-state index is 0.102. The number of nitrogens with one attached hydrogen (secondary N) is 2. The molecule has 0 aliphatic heterocycles. The number of rotatable bonds is 8. The first-order valence-electron chi connectivity index (χ1n) is 8.15. The third-order valence-corrected chi connectivity index (χ3v) is 3.96. The molecule has 0 radical (unpaired) electrons. The van der Waals surface area contributed by atoms with E-state index in [-0.39, 0.29) is 22.4 Å². The number of nitro groups is 1. The van der Waals surface area contributed by atoms with Crippen LogP contribution in [0.3, 0.4) is 0 Å². The molecular formula is C17H22ClN3O6. The number of benzene rings is 1. The van der Waals surface area contributed by atoms with Gasteiger partial charge in [-0.1, -0.05) is 38.4 Å². The number of carbonyl (C=O) groups excluding carboxylic acids is 2. The number of amides is 2. The SMILES string of the molecule is CC(C)(C)CCC(NC(=O)CNC(=O)c1c(Cl)cccc1[N+](=O)[O-])C(=O)O. The fourth-order valence-corrected chi connectivity index (χ4v) is 2.47. The monoisotopic (exact) mass is 399 g/mol. The van der Waals surface area contributed by atoms with Crippen molar-refractivity contribution in [3.05, 3.63) is 38.9 Å². The van der Waals surface area contributed by atoms with Crippen LogP contribution in [0.25, 0.3) is 0 Å². The molecule has 0 saturated carbocycles. The highest BCUT2D eigenvalue weighted by atomic mass is 35.5. The first-order chi connectivity index (χ1) is 12.4. The molecular weight excluding hydrogens is 378 g/mol. The number of hydrogen-bond acceptors (Lipinski definition) is 5. The Kier molecular flexibility index (Phi) is 7.71. The van der Waals surface area contributed by atoms with Crippen molar-refractivity contribution in [1.82, 2.24) is 10.6 Å². The summed E-state index contributed by atoms with van der Waals surface area (Å²) in [6, 6.07) is 2.67. The molecule has 3 N–H and O–H groups in total. The van der Waals surface area contributed by atoms with Gasteiger partial charge in [0.05, 0.1) is 16.5 Å². The van der Waals surface area contributed by atoms with E-state index in [0.717, 1.165) is 6.07 Å². The second-order valence-corrected chi connectivity index (χ2v) is 7.54. The summed E-state index contributed by atoms with van der Waals surface area (Å²) >= 11 is 5.85. The average Bonchev–Trinajstić information content (AvgIpc) is 2.54. The Hall–Kier alpha value is -2.68. The lowest BCUT2D eigenvalue weighted by Crippen LogP contribution is -2.45. The van der Waals surface area contributed by atoms with Crippen molar-refractivity contribution in [2.75, 3.05) is 6.54 Å². The van der Waals surface area contributed by atoms with E-state index in [2.05, 4.69) is 10.6 Å². The highest BCUT2D eigenvalue weighted by molar-refractivity contribution is 6.34. The van der Waals surface area contributed by atoms with Gasteiger partial charge in [0.2, 0.25) is 5.91 Å². The van der Waals surface area contributed by atoms with E-state index in [9.17, 15) is 29.6 Å². The molecule has 1 unspecified atom stereocenters. The molecule has 0 aliphatic carbocycles. The highest BCUT2D eigenvalue weighted by Gasteiger charge is 2.25. The van der Waals surface area contributed by atoms with Gasteiger partial charge < -0.3 is 15.7 Å². The first-order valence-corrected chi connectivity index (χ1v) is 8.53. The van der Waals surface area contributed by atoms with Crippen molar-refractivity contribution < 1.29 is 24.4 Å². The summed E-state index contributed by atoms with van der Waals surface area (Å²) in [5.74, 6) is -2.80. The molecule has 0 aliphatic rings. The van der Waals surface area contributed by atoms with E-state index in [1.54, 1.807) is 0 Å². The van der Waals surface area contributed by atoms with Crippen LogP contribution in [0.15, 0.2) is 18.2 Å². The molecule has 1 rings (SSSR count). The number of aliphatic carboxylic acids is 1. The normalized spacial score (nSPS) is 12.1. The van der Waals surface area contributed by atoms with Crippen LogP contribution in [-0.4, -0.2) is 40.4 Å². The van der Waals surface area contributed by atoms with Crippen molar-refractivity contribution in [2.24, 2.45) is 5.41 Å². The molecule has 10 heteroatoms. The van der Waals surface area contributed by atoms with E-state index >= 15 is 0 Å². The number of halogens is 1. The zero-order valence-corrected chi connectivity index (χ0v) is 16.0. The molecule has 27 heavy (non-hydrogen) atoms. The Labute approximate surface area is 161 Å². The molecule has 0 fully saturated rings. The Morgan fingerprint density at radius 1 is 1.30 bits per heavy atom. The molecule has 1 atom stereocenters. The smallest absolute Gasteiger partial charge is 0.326 e. The molecule has 148 valence electrons. The topological polar surface area (TPSA) is 139 Å². The van der Waals surface area contributed by atoms with Gasteiger partial charge in [0.1, 0.15) is 11.6 Å². The molecule has 1 aromatic carbocycles. The van der Waals surface area contributed by atoms with Gasteiger partial charge in [-0.15, -0.1) is 0 Å². The Morgan fingerprint density at radius 3 is 2.44 bits per heavy atom. The second-order valence-electron chi connectivity index (χ2n) is 7.13. The fourth-order valence-electron chi connectivity index (χ4n) is 2.22. The zero-order chi connectivity index (χ0) is 20.8. The van der Waals surface area contributed by atoms with E-state index in [4.69, 9.17) is 11.6 Å². The molecule has 9 nitrogen and oxygen atoms in total. The van der Waals surface area contributed by atoms with Gasteiger partial charge in [0.25, 0.3) is 11.6 Å². The number of carboxylic acids is 1. The van der Waals surface area contributed by atoms with Crippen LogP contribution in [0.2, 0.25) is 5.02 Å². The first kappa shape index (κ1) is 22.4. The predicted octanol–water partition coefficient (Wildman–Crippen LogP) is 2.37. The van der Waals surface area contributed by atoms with Crippen LogP contribution < -0.4 is 10.6 Å². The summed E-state index contributed by atoms with van der Waals surface area (Å²) in [7, 11) is 0. The molecule has 2 amide bonds. The molecule has 0 bridgehead atoms. The van der Waals surface area contributed by atoms with Crippen molar-refractivity contribution in [3.63, 3.8) is 0 Å². The third kappa shape index (κ3) is 7.22. The quantitative estimate of drug-likeness (QED) is 0.453. The van der Waals surface area contributed by atoms with Gasteiger partial charge in [0.15, 0.2) is 0 Å². The zero-order valence-electron chi connectivity index (χ0n) is 15.2. The van der Waals surface area contributed by atoms with Gasteiger partial charge >= 0.3 is 5.97 Å². The molecule has 0 spiro atoms. The summed E-state index contributed by atoms with van der Waals surface area (Å²) in [4.78, 5) is 45.7. The van der Waals surface area contributed by atoms with Crippen LogP contribution in [0.5, 0.6) is 0 Å². The molecule has 0 heterocycles. The maximum Gasteiger partial charge on any atom is 0.326 e. The second kappa shape index (κ2) is 9.31. The molecule has 0 aromatic heterocycles. The van der Waals surface area contributed by atoms with Crippen LogP contribution >= 0.6 is 11.6 Å². The minimum atomic E-state index is -1.18. The minimum Gasteiger partial charge on any atom is -0.480 e. The van der Waals surface area contributed by atoms with Gasteiger partial charge in [0, 0.05) is 6.07 Å². The number of nitro benzene ring substituents is 1. The van der Waals surface area contributed by atoms with Crippen LogP contribution in [0.1, 0.15) is 44.0 Å². The number of nitrogens with zero attached hydrogens (tertiary/aromatic N) is 1. The lowest BCUT2D eigenvalue weighted by atomic mass is 9.88. The van der Waals surface area contributed by atoms with Crippen LogP contribution in [0.4, 0.5) is 5.69 Å². The lowest BCUT2D eigenvalue weighted by molar-refractivity contribution is -0.385. The predicted molar refractivity (Wildman–Crippen MR) is 98.7 cm³/mol. The van der Waals surface area contributed by atoms with E-state index in [1.807, 2.05) is 20.8 Å². The van der Waals surface area contributed by atoms with Crippen molar-refractivity contribution in [2.45, 2.75) is 39.7 Å². The maximum absolute atomic E-state index is 12.2. The number of hydrogen-bond donors (Lipinski definition) is 3. The largest absolute Gasteiger partial charge is 0.480 e. The fraction of sp³-hybridized carbons (Fsp3) is 0.471. The average molecular weight is 400 g/mol. The van der Waals surface area contributed by atoms with Gasteiger partial charge in [-0.05, 0) is 24.3 Å². The summed E-state index contributed by atoms with van der Waals surface area (Å²) in [5, 5.41) is 24.6. The van der Waals surface area contributed by atoms with Crippen LogP contribution in [0, 0.1) is 15.5 Å². The van der Waals surface area contributed by atoms with Crippen molar-refractivity contribution in [1.29, 1.82) is 0 Å². The summed E-state index contributed by atoms with van der Waals surface area (Å²) < 4.78 is 0. The Bertz CT molecular complexity index is 745. The highest BCUT2D eigenvalue weighted by Crippen LogP contribution is 2.26. The Morgan fingerprint density at radius 2 is 1.93 bits per heavy atom. The van der Waals surface area contributed by atoms with Gasteiger partial charge in [-0.2, -0.15) is 0 Å². The third-order valence-electron chi connectivity index (χ3n) is 3.64. The van der Waals surface area contributed by atoms with Gasteiger partial charge in [-0.3, -0.25) is 19.7 Å². The summed E-state index contributed by atoms with van der Waals surface area (Å²) in [5.41, 5.74) is -0.955. The van der Waals surface area contributed by atoms with Crippen molar-refractivity contribution in [3.8, 4) is 0 Å². The van der Waals surface area contributed by atoms with E-state index in [1.165, 1.54) is 12.1 Å². The maximum atomic E-state index is 12.2. The number of carboxylic acid groups (broad SMARTS) is 1. The summed E-state index contributed by atoms with van der Waals surface area (Å²) in [6.45, 7) is 5.31.